The van der Waals surface area contributed by atoms with Crippen LogP contribution in [0, 0.1) is 0 Å². The molecule has 6 nitrogen and oxygen atoms in total. The molecule has 0 saturated carbocycles. The van der Waals surface area contributed by atoms with Crippen molar-refractivity contribution in [2.24, 2.45) is 0 Å². The molecule has 0 radical (unpaired) electrons. The van der Waals surface area contributed by atoms with Crippen LogP contribution in [-0.2, 0) is 24.4 Å². The Morgan fingerprint density at radius 3 is 3.03 bits per heavy atom. The standard InChI is InChI=1S/C23H23ClN4O2/c24-18-7-8-21-19(12-18)23-17(15-30-21)13-26-28(23)14-22(29)25-9-11-27-10-3-5-16-4-1-2-6-20(16)27/h1-2,4,6-8,12-13H,3,5,9-11,14-15H2,(H,25,29). The van der Waals surface area contributed by atoms with Gasteiger partial charge < -0.3 is 15.0 Å². The van der Waals surface area contributed by atoms with E-state index >= 15 is 0 Å². The highest BCUT2D eigenvalue weighted by Gasteiger charge is 2.23. The Labute approximate surface area is 180 Å². The number of aromatic nitrogens is 2. The summed E-state index contributed by atoms with van der Waals surface area (Å²) in [5.74, 6) is 0.707. The predicted octanol–water partition coefficient (Wildman–Crippen LogP) is 3.66. The van der Waals surface area contributed by atoms with E-state index in [0.717, 1.165) is 48.5 Å². The topological polar surface area (TPSA) is 59.4 Å². The van der Waals surface area contributed by atoms with Gasteiger partial charge in [0.1, 0.15) is 18.9 Å². The van der Waals surface area contributed by atoms with E-state index in [0.29, 0.717) is 18.2 Å². The van der Waals surface area contributed by atoms with Crippen LogP contribution >= 0.6 is 11.6 Å². The smallest absolute Gasteiger partial charge is 0.241 e. The molecule has 3 heterocycles. The van der Waals surface area contributed by atoms with E-state index in [2.05, 4.69) is 39.6 Å². The van der Waals surface area contributed by atoms with Gasteiger partial charge in [-0.3, -0.25) is 9.48 Å². The molecule has 1 amide bonds. The van der Waals surface area contributed by atoms with Crippen molar-refractivity contribution in [3.05, 3.63) is 64.8 Å². The molecule has 30 heavy (non-hydrogen) atoms. The second-order valence-corrected chi connectivity index (χ2v) is 8.11. The average molecular weight is 423 g/mol. The molecule has 7 heteroatoms. The summed E-state index contributed by atoms with van der Waals surface area (Å²) in [7, 11) is 0. The third-order valence-corrected chi connectivity index (χ3v) is 5.93. The number of halogens is 1. The summed E-state index contributed by atoms with van der Waals surface area (Å²) in [5.41, 5.74) is 5.41. The summed E-state index contributed by atoms with van der Waals surface area (Å²) in [5, 5.41) is 8.09. The fourth-order valence-corrected chi connectivity index (χ4v) is 4.47. The number of carbonyl (C=O) groups excluding carboxylic acids is 1. The van der Waals surface area contributed by atoms with Crippen molar-refractivity contribution < 1.29 is 9.53 Å². The van der Waals surface area contributed by atoms with E-state index in [1.165, 1.54) is 11.3 Å². The first-order chi connectivity index (χ1) is 14.7. The Morgan fingerprint density at radius 1 is 1.20 bits per heavy atom. The van der Waals surface area contributed by atoms with Gasteiger partial charge in [0.25, 0.3) is 0 Å². The van der Waals surface area contributed by atoms with E-state index in [-0.39, 0.29) is 12.5 Å². The van der Waals surface area contributed by atoms with Gasteiger partial charge in [0.05, 0.1) is 11.9 Å². The first kappa shape index (κ1) is 19.0. The summed E-state index contributed by atoms with van der Waals surface area (Å²) in [6.07, 6.45) is 4.03. The van der Waals surface area contributed by atoms with Crippen molar-refractivity contribution in [2.75, 3.05) is 24.5 Å². The highest BCUT2D eigenvalue weighted by molar-refractivity contribution is 6.31. The summed E-state index contributed by atoms with van der Waals surface area (Å²) in [4.78, 5) is 15.0. The van der Waals surface area contributed by atoms with E-state index in [9.17, 15) is 4.79 Å². The van der Waals surface area contributed by atoms with Crippen LogP contribution in [0.15, 0.2) is 48.7 Å². The van der Waals surface area contributed by atoms with Crippen LogP contribution in [-0.4, -0.2) is 35.3 Å². The number of hydrogen-bond acceptors (Lipinski definition) is 4. The van der Waals surface area contributed by atoms with Gasteiger partial charge in [-0.15, -0.1) is 0 Å². The van der Waals surface area contributed by atoms with Crippen molar-refractivity contribution >= 4 is 23.2 Å². The van der Waals surface area contributed by atoms with Crippen molar-refractivity contribution in [1.29, 1.82) is 0 Å². The van der Waals surface area contributed by atoms with Crippen molar-refractivity contribution in [3.8, 4) is 17.0 Å². The molecule has 0 atom stereocenters. The van der Waals surface area contributed by atoms with Gasteiger partial charge in [0.15, 0.2) is 0 Å². The number of ether oxygens (including phenoxy) is 1. The molecule has 154 valence electrons. The quantitative estimate of drug-likeness (QED) is 0.681. The number of nitrogens with zero attached hydrogens (tertiary/aromatic N) is 3. The van der Waals surface area contributed by atoms with Crippen LogP contribution in [0.4, 0.5) is 5.69 Å². The Bertz CT molecular complexity index is 1090. The van der Waals surface area contributed by atoms with Crippen molar-refractivity contribution in [2.45, 2.75) is 26.0 Å². The number of benzene rings is 2. The first-order valence-electron chi connectivity index (χ1n) is 10.3. The highest BCUT2D eigenvalue weighted by atomic mass is 35.5. The third kappa shape index (κ3) is 3.63. The van der Waals surface area contributed by atoms with Gasteiger partial charge in [-0.25, -0.2) is 0 Å². The number of fused-ring (bicyclic) bond motifs is 4. The molecule has 1 aromatic heterocycles. The van der Waals surface area contributed by atoms with Gasteiger partial charge >= 0.3 is 0 Å². The van der Waals surface area contributed by atoms with E-state index in [1.807, 2.05) is 12.1 Å². The van der Waals surface area contributed by atoms with Gasteiger partial charge in [-0.1, -0.05) is 29.8 Å². The van der Waals surface area contributed by atoms with Crippen LogP contribution in [0.1, 0.15) is 17.5 Å². The molecule has 0 unspecified atom stereocenters. The van der Waals surface area contributed by atoms with Gasteiger partial charge in [-0.2, -0.15) is 5.10 Å². The number of aryl methyl sites for hydroxylation is 1. The minimum absolute atomic E-state index is 0.0544. The molecule has 0 spiro atoms. The minimum atomic E-state index is -0.0544. The molecule has 5 rings (SSSR count). The average Bonchev–Trinajstić information content (AvgIpc) is 3.17. The molecule has 2 aliphatic heterocycles. The summed E-state index contributed by atoms with van der Waals surface area (Å²) in [6.45, 7) is 3.03. The van der Waals surface area contributed by atoms with Crippen LogP contribution in [0.25, 0.3) is 11.3 Å². The van der Waals surface area contributed by atoms with E-state index < -0.39 is 0 Å². The van der Waals surface area contributed by atoms with Crippen LogP contribution in [0.3, 0.4) is 0 Å². The number of carbonyl (C=O) groups is 1. The second kappa shape index (κ2) is 8.03. The molecule has 2 aromatic carbocycles. The number of rotatable bonds is 5. The molecular weight excluding hydrogens is 400 g/mol. The lowest BCUT2D eigenvalue weighted by Crippen LogP contribution is -2.38. The fourth-order valence-electron chi connectivity index (χ4n) is 4.30. The molecule has 1 N–H and O–H groups in total. The molecule has 0 aliphatic carbocycles. The number of anilines is 1. The van der Waals surface area contributed by atoms with E-state index in [4.69, 9.17) is 16.3 Å². The Hall–Kier alpha value is -2.99. The Balaban J connectivity index is 1.23. The lowest BCUT2D eigenvalue weighted by molar-refractivity contribution is -0.121. The summed E-state index contributed by atoms with van der Waals surface area (Å²) in [6, 6.07) is 14.0. The lowest BCUT2D eigenvalue weighted by atomic mass is 10.0. The monoisotopic (exact) mass is 422 g/mol. The van der Waals surface area contributed by atoms with Crippen LogP contribution < -0.4 is 15.0 Å². The molecule has 0 bridgehead atoms. The second-order valence-electron chi connectivity index (χ2n) is 7.67. The number of hydrogen-bond donors (Lipinski definition) is 1. The van der Waals surface area contributed by atoms with Crippen molar-refractivity contribution in [1.82, 2.24) is 15.1 Å². The van der Waals surface area contributed by atoms with E-state index in [1.54, 1.807) is 16.9 Å². The maximum Gasteiger partial charge on any atom is 0.241 e. The number of para-hydroxylation sites is 1. The number of nitrogens with one attached hydrogen (secondary N) is 1. The van der Waals surface area contributed by atoms with Gasteiger partial charge in [0, 0.05) is 41.5 Å². The Kier molecular flexibility index (Phi) is 5.09. The minimum Gasteiger partial charge on any atom is -0.488 e. The zero-order valence-electron chi connectivity index (χ0n) is 16.6. The highest BCUT2D eigenvalue weighted by Crippen LogP contribution is 2.38. The predicted molar refractivity (Wildman–Crippen MR) is 117 cm³/mol. The lowest BCUT2D eigenvalue weighted by Gasteiger charge is -2.31. The molecule has 0 fully saturated rings. The van der Waals surface area contributed by atoms with Crippen molar-refractivity contribution in [3.63, 3.8) is 0 Å². The molecule has 0 saturated heterocycles. The van der Waals surface area contributed by atoms with Crippen LogP contribution in [0.2, 0.25) is 5.02 Å². The Morgan fingerprint density at radius 2 is 2.10 bits per heavy atom. The molecular formula is C23H23ClN4O2. The van der Waals surface area contributed by atoms with Gasteiger partial charge in [-0.05, 0) is 42.7 Å². The zero-order valence-corrected chi connectivity index (χ0v) is 17.4. The third-order valence-electron chi connectivity index (χ3n) is 5.70. The zero-order chi connectivity index (χ0) is 20.5. The maximum absolute atomic E-state index is 12.6. The molecule has 2 aliphatic rings. The summed E-state index contributed by atoms with van der Waals surface area (Å²) < 4.78 is 7.50. The SMILES string of the molecule is O=C(Cn1ncc2c1-c1cc(Cl)ccc1OC2)NCCN1CCCc2ccccc21. The largest absolute Gasteiger partial charge is 0.488 e. The number of amides is 1. The summed E-state index contributed by atoms with van der Waals surface area (Å²) >= 11 is 6.18. The fraction of sp³-hybridized carbons (Fsp3) is 0.304. The maximum atomic E-state index is 12.6. The van der Waals surface area contributed by atoms with Crippen LogP contribution in [0.5, 0.6) is 5.75 Å². The molecule has 3 aromatic rings. The normalized spacial score (nSPS) is 14.4. The first-order valence-corrected chi connectivity index (χ1v) is 10.6. The van der Waals surface area contributed by atoms with Gasteiger partial charge in [0.2, 0.25) is 5.91 Å².